The number of nitrogens with one attached hydrogen (secondary N) is 1. The number of carboxylic acid groups (broad SMARTS) is 1. The molecule has 2 amide bonds. The second-order valence-corrected chi connectivity index (χ2v) is 5.76. The van der Waals surface area contributed by atoms with Gasteiger partial charge in [0, 0.05) is 19.6 Å². The molecular formula is C17H24N2O5. The first-order chi connectivity index (χ1) is 11.5. The highest BCUT2D eigenvalue weighted by atomic mass is 16.5. The molecule has 0 spiro atoms. The lowest BCUT2D eigenvalue weighted by Gasteiger charge is -2.30. The molecular weight excluding hydrogens is 312 g/mol. The summed E-state index contributed by atoms with van der Waals surface area (Å²) < 4.78 is 10.5. The summed E-state index contributed by atoms with van der Waals surface area (Å²) in [6.45, 7) is 1.43. The van der Waals surface area contributed by atoms with Crippen molar-refractivity contribution in [1.29, 1.82) is 0 Å². The summed E-state index contributed by atoms with van der Waals surface area (Å²) in [5.41, 5.74) is 0.960. The number of carbonyl (C=O) groups is 2. The first kappa shape index (κ1) is 17.9. The molecule has 0 aliphatic carbocycles. The number of piperidine rings is 1. The maximum Gasteiger partial charge on any atom is 0.317 e. The summed E-state index contributed by atoms with van der Waals surface area (Å²) in [5.74, 6) is 0.385. The number of nitrogens with zero attached hydrogens (tertiary/aromatic N) is 1. The molecule has 0 atom stereocenters. The largest absolute Gasteiger partial charge is 0.497 e. The van der Waals surface area contributed by atoms with Gasteiger partial charge in [0.05, 0.1) is 20.1 Å². The molecule has 1 heterocycles. The van der Waals surface area contributed by atoms with Crippen molar-refractivity contribution >= 4 is 12.0 Å². The minimum atomic E-state index is -0.778. The van der Waals surface area contributed by atoms with E-state index in [1.807, 2.05) is 18.2 Å². The van der Waals surface area contributed by atoms with Gasteiger partial charge in [0.1, 0.15) is 11.5 Å². The van der Waals surface area contributed by atoms with E-state index in [9.17, 15) is 9.59 Å². The SMILES string of the molecule is COc1ccc(OC)c(CCNC(=O)N2CCC(C(=O)O)CC2)c1. The zero-order valence-corrected chi connectivity index (χ0v) is 14.1. The van der Waals surface area contributed by atoms with Crippen molar-refractivity contribution in [1.82, 2.24) is 10.2 Å². The van der Waals surface area contributed by atoms with Crippen LogP contribution in [-0.2, 0) is 11.2 Å². The summed E-state index contributed by atoms with van der Waals surface area (Å²) in [5, 5.41) is 11.9. The lowest BCUT2D eigenvalue weighted by Crippen LogP contribution is -2.45. The molecule has 0 bridgehead atoms. The van der Waals surface area contributed by atoms with Gasteiger partial charge in [0.2, 0.25) is 0 Å². The van der Waals surface area contributed by atoms with E-state index < -0.39 is 5.97 Å². The van der Waals surface area contributed by atoms with Gasteiger partial charge in [-0.15, -0.1) is 0 Å². The number of ether oxygens (including phenoxy) is 2. The summed E-state index contributed by atoms with van der Waals surface area (Å²) in [7, 11) is 3.21. The van der Waals surface area contributed by atoms with Crippen LogP contribution in [0.15, 0.2) is 18.2 Å². The number of methoxy groups -OCH3 is 2. The number of hydrogen-bond donors (Lipinski definition) is 2. The standard InChI is InChI=1S/C17H24N2O5/c1-23-14-3-4-15(24-2)13(11-14)5-8-18-17(22)19-9-6-12(7-10-19)16(20)21/h3-4,11-12H,5-10H2,1-2H3,(H,18,22)(H,20,21). The van der Waals surface area contributed by atoms with Crippen LogP contribution in [0.4, 0.5) is 4.79 Å². The maximum atomic E-state index is 12.2. The van der Waals surface area contributed by atoms with Crippen LogP contribution in [0, 0.1) is 5.92 Å². The number of benzene rings is 1. The Hall–Kier alpha value is -2.44. The summed E-state index contributed by atoms with van der Waals surface area (Å²) in [4.78, 5) is 24.8. The van der Waals surface area contributed by atoms with E-state index in [0.29, 0.717) is 38.9 Å². The number of rotatable bonds is 6. The van der Waals surface area contributed by atoms with Crippen LogP contribution in [-0.4, -0.2) is 55.9 Å². The normalized spacial score (nSPS) is 15.0. The number of amides is 2. The fraction of sp³-hybridized carbons (Fsp3) is 0.529. The predicted octanol–water partition coefficient (Wildman–Crippen LogP) is 1.75. The van der Waals surface area contributed by atoms with Crippen LogP contribution in [0.25, 0.3) is 0 Å². The average Bonchev–Trinajstić information content (AvgIpc) is 2.61. The molecule has 1 fully saturated rings. The van der Waals surface area contributed by atoms with E-state index in [4.69, 9.17) is 14.6 Å². The molecule has 0 unspecified atom stereocenters. The zero-order chi connectivity index (χ0) is 17.5. The van der Waals surface area contributed by atoms with Gasteiger partial charge < -0.3 is 24.8 Å². The van der Waals surface area contributed by atoms with E-state index >= 15 is 0 Å². The first-order valence-corrected chi connectivity index (χ1v) is 8.01. The van der Waals surface area contributed by atoms with Crippen molar-refractivity contribution in [2.24, 2.45) is 5.92 Å². The molecule has 0 aromatic heterocycles. The molecule has 1 aromatic carbocycles. The lowest BCUT2D eigenvalue weighted by atomic mass is 9.97. The van der Waals surface area contributed by atoms with Crippen molar-refractivity contribution in [2.45, 2.75) is 19.3 Å². The Kier molecular flexibility index (Phi) is 6.28. The third-order valence-corrected chi connectivity index (χ3v) is 4.29. The van der Waals surface area contributed by atoms with Gasteiger partial charge in [0.25, 0.3) is 0 Å². The third-order valence-electron chi connectivity index (χ3n) is 4.29. The summed E-state index contributed by atoms with van der Waals surface area (Å²) in [6.07, 6.45) is 1.64. The summed E-state index contributed by atoms with van der Waals surface area (Å²) >= 11 is 0. The van der Waals surface area contributed by atoms with Crippen molar-refractivity contribution in [3.63, 3.8) is 0 Å². The van der Waals surface area contributed by atoms with E-state index in [-0.39, 0.29) is 11.9 Å². The van der Waals surface area contributed by atoms with E-state index in [2.05, 4.69) is 5.32 Å². The van der Waals surface area contributed by atoms with Crippen LogP contribution in [0.3, 0.4) is 0 Å². The Morgan fingerprint density at radius 1 is 1.25 bits per heavy atom. The predicted molar refractivity (Wildman–Crippen MR) is 88.6 cm³/mol. The van der Waals surface area contributed by atoms with E-state index in [0.717, 1.165) is 17.1 Å². The Labute approximate surface area is 141 Å². The Morgan fingerprint density at radius 2 is 1.96 bits per heavy atom. The van der Waals surface area contributed by atoms with Crippen molar-refractivity contribution < 1.29 is 24.2 Å². The number of carbonyl (C=O) groups excluding carboxylic acids is 1. The number of aliphatic carboxylic acids is 1. The Balaban J connectivity index is 1.82. The van der Waals surface area contributed by atoms with Crippen molar-refractivity contribution in [2.75, 3.05) is 33.9 Å². The van der Waals surface area contributed by atoms with Gasteiger partial charge in [-0.25, -0.2) is 4.79 Å². The average molecular weight is 336 g/mol. The number of hydrogen-bond acceptors (Lipinski definition) is 4. The topological polar surface area (TPSA) is 88.1 Å². The molecule has 2 rings (SSSR count). The van der Waals surface area contributed by atoms with Crippen molar-refractivity contribution in [3.05, 3.63) is 23.8 Å². The van der Waals surface area contributed by atoms with E-state index in [1.165, 1.54) is 0 Å². The monoisotopic (exact) mass is 336 g/mol. The molecule has 1 aromatic rings. The highest BCUT2D eigenvalue weighted by molar-refractivity contribution is 5.75. The Bertz CT molecular complexity index is 582. The number of likely N-dealkylation sites (tertiary alicyclic amines) is 1. The second kappa shape index (κ2) is 8.42. The van der Waals surface area contributed by atoms with Crippen LogP contribution in [0.5, 0.6) is 11.5 Å². The lowest BCUT2D eigenvalue weighted by molar-refractivity contribution is -0.143. The van der Waals surface area contributed by atoms with Crippen LogP contribution in [0.1, 0.15) is 18.4 Å². The molecule has 24 heavy (non-hydrogen) atoms. The van der Waals surface area contributed by atoms with E-state index in [1.54, 1.807) is 19.1 Å². The molecule has 1 aliphatic heterocycles. The van der Waals surface area contributed by atoms with Gasteiger partial charge in [-0.2, -0.15) is 0 Å². The highest BCUT2D eigenvalue weighted by Crippen LogP contribution is 2.24. The smallest absolute Gasteiger partial charge is 0.317 e. The zero-order valence-electron chi connectivity index (χ0n) is 14.1. The van der Waals surface area contributed by atoms with Gasteiger partial charge in [-0.05, 0) is 43.0 Å². The van der Waals surface area contributed by atoms with Gasteiger partial charge >= 0.3 is 12.0 Å². The quantitative estimate of drug-likeness (QED) is 0.826. The van der Waals surface area contributed by atoms with Crippen LogP contribution in [0.2, 0.25) is 0 Å². The second-order valence-electron chi connectivity index (χ2n) is 5.76. The number of urea groups is 1. The number of carboxylic acids is 1. The van der Waals surface area contributed by atoms with Crippen LogP contribution >= 0.6 is 0 Å². The van der Waals surface area contributed by atoms with Gasteiger partial charge in [-0.1, -0.05) is 0 Å². The first-order valence-electron chi connectivity index (χ1n) is 8.01. The maximum absolute atomic E-state index is 12.2. The van der Waals surface area contributed by atoms with Gasteiger partial charge in [-0.3, -0.25) is 4.79 Å². The molecule has 7 heteroatoms. The molecule has 1 aliphatic rings. The molecule has 7 nitrogen and oxygen atoms in total. The molecule has 0 saturated carbocycles. The summed E-state index contributed by atoms with van der Waals surface area (Å²) in [6, 6.07) is 5.41. The third kappa shape index (κ3) is 4.53. The van der Waals surface area contributed by atoms with Crippen LogP contribution < -0.4 is 14.8 Å². The molecule has 1 saturated heterocycles. The molecule has 2 N–H and O–H groups in total. The fourth-order valence-electron chi connectivity index (χ4n) is 2.82. The van der Waals surface area contributed by atoms with Crippen molar-refractivity contribution in [3.8, 4) is 11.5 Å². The minimum Gasteiger partial charge on any atom is -0.497 e. The Morgan fingerprint density at radius 3 is 2.54 bits per heavy atom. The highest BCUT2D eigenvalue weighted by Gasteiger charge is 2.26. The molecule has 0 radical (unpaired) electrons. The van der Waals surface area contributed by atoms with Gasteiger partial charge in [0.15, 0.2) is 0 Å². The fourth-order valence-corrected chi connectivity index (χ4v) is 2.82. The molecule has 132 valence electrons. The minimum absolute atomic E-state index is 0.152.